The summed E-state index contributed by atoms with van der Waals surface area (Å²) in [5, 5.41) is 30.7. The quantitative estimate of drug-likeness (QED) is 0.719. The maximum atomic E-state index is 12.8. The molecule has 0 saturated heterocycles. The van der Waals surface area contributed by atoms with E-state index in [9.17, 15) is 20.1 Å². The molecule has 24 heavy (non-hydrogen) atoms. The molecule has 0 bridgehead atoms. The molecular weight excluding hydrogens is 304 g/mol. The lowest BCUT2D eigenvalue weighted by atomic mass is 9.50. The maximum absolute atomic E-state index is 12.8. The van der Waals surface area contributed by atoms with Crippen molar-refractivity contribution in [2.24, 2.45) is 11.3 Å². The second-order valence-corrected chi connectivity index (χ2v) is 8.61. The summed E-state index contributed by atoms with van der Waals surface area (Å²) in [5.41, 5.74) is 1.30. The van der Waals surface area contributed by atoms with Gasteiger partial charge in [-0.3, -0.25) is 4.79 Å². The summed E-state index contributed by atoms with van der Waals surface area (Å²) in [4.78, 5) is 12.8. The van der Waals surface area contributed by atoms with Gasteiger partial charge >= 0.3 is 0 Å². The van der Waals surface area contributed by atoms with Gasteiger partial charge in [0.1, 0.15) is 0 Å². The van der Waals surface area contributed by atoms with Gasteiger partial charge in [-0.1, -0.05) is 34.1 Å². The molecule has 1 aromatic rings. The molecule has 1 saturated carbocycles. The standard InChI is InChI=1S/C20H28O4/c1-11(10-21)12-8-13-14(22)9-15-19(2,3)6-5-7-20(15,4)16(13)18(24)17(12)23/h8,11,15,21,23-24H,5-7,9-10H2,1-4H3/t11-,15-,20-/m1/s1. The number of aromatic hydroxyl groups is 2. The number of hydrogen-bond donors (Lipinski definition) is 3. The van der Waals surface area contributed by atoms with Crippen LogP contribution in [0.5, 0.6) is 11.5 Å². The Morgan fingerprint density at radius 3 is 2.50 bits per heavy atom. The number of carbonyl (C=O) groups excluding carboxylic acids is 1. The molecule has 3 rings (SSSR count). The van der Waals surface area contributed by atoms with Crippen molar-refractivity contribution in [3.63, 3.8) is 0 Å². The first-order valence-electron chi connectivity index (χ1n) is 8.87. The van der Waals surface area contributed by atoms with Gasteiger partial charge in [-0.15, -0.1) is 0 Å². The molecule has 1 fully saturated rings. The lowest BCUT2D eigenvalue weighted by Crippen LogP contribution is -2.49. The van der Waals surface area contributed by atoms with Gasteiger partial charge in [0.15, 0.2) is 17.3 Å². The summed E-state index contributed by atoms with van der Waals surface area (Å²) in [6.07, 6.45) is 3.50. The summed E-state index contributed by atoms with van der Waals surface area (Å²) >= 11 is 0. The lowest BCUT2D eigenvalue weighted by molar-refractivity contribution is 0.0354. The van der Waals surface area contributed by atoms with Gasteiger partial charge in [0.2, 0.25) is 0 Å². The molecule has 0 spiro atoms. The summed E-state index contributed by atoms with van der Waals surface area (Å²) < 4.78 is 0. The third-order valence-electron chi connectivity index (χ3n) is 6.60. The second kappa shape index (κ2) is 5.48. The Hall–Kier alpha value is -1.55. The van der Waals surface area contributed by atoms with Crippen molar-refractivity contribution in [3.8, 4) is 11.5 Å². The molecule has 0 amide bonds. The molecule has 2 aliphatic carbocycles. The monoisotopic (exact) mass is 332 g/mol. The Bertz CT molecular complexity index is 691. The number of carbonyl (C=O) groups is 1. The molecule has 132 valence electrons. The average molecular weight is 332 g/mol. The predicted octanol–water partition coefficient (Wildman–Crippen LogP) is 3.86. The number of rotatable bonds is 2. The van der Waals surface area contributed by atoms with Crippen molar-refractivity contribution < 1.29 is 20.1 Å². The average Bonchev–Trinajstić information content (AvgIpc) is 2.51. The van der Waals surface area contributed by atoms with Gasteiger partial charge in [-0.25, -0.2) is 0 Å². The van der Waals surface area contributed by atoms with Crippen LogP contribution >= 0.6 is 0 Å². The molecule has 4 nitrogen and oxygen atoms in total. The summed E-state index contributed by atoms with van der Waals surface area (Å²) in [5.74, 6) is -0.494. The number of aliphatic hydroxyl groups is 1. The summed E-state index contributed by atoms with van der Waals surface area (Å²) in [6, 6.07) is 1.69. The van der Waals surface area contributed by atoms with E-state index in [1.165, 1.54) is 0 Å². The number of benzene rings is 1. The molecule has 3 N–H and O–H groups in total. The van der Waals surface area contributed by atoms with Crippen molar-refractivity contribution >= 4 is 5.78 Å². The van der Waals surface area contributed by atoms with E-state index in [1.807, 2.05) is 0 Å². The number of hydrogen-bond acceptors (Lipinski definition) is 4. The SMILES string of the molecule is C[C@H](CO)c1cc2c(c(O)c1O)[C@]1(C)CCCC(C)(C)[C@H]1CC2=O. The molecular formula is C20H28O4. The molecule has 2 aliphatic rings. The molecule has 0 aliphatic heterocycles. The third kappa shape index (κ3) is 2.26. The van der Waals surface area contributed by atoms with E-state index in [0.717, 1.165) is 19.3 Å². The van der Waals surface area contributed by atoms with E-state index in [0.29, 0.717) is 23.1 Å². The first-order valence-corrected chi connectivity index (χ1v) is 8.87. The Balaban J connectivity index is 2.26. The molecule has 0 unspecified atom stereocenters. The van der Waals surface area contributed by atoms with Gasteiger partial charge in [0.25, 0.3) is 0 Å². The summed E-state index contributed by atoms with van der Waals surface area (Å²) in [6.45, 7) is 8.15. The lowest BCUT2D eigenvalue weighted by Gasteiger charge is -2.53. The highest BCUT2D eigenvalue weighted by molar-refractivity contribution is 6.01. The van der Waals surface area contributed by atoms with E-state index in [-0.39, 0.29) is 46.6 Å². The topological polar surface area (TPSA) is 77.8 Å². The summed E-state index contributed by atoms with van der Waals surface area (Å²) in [7, 11) is 0. The van der Waals surface area contributed by atoms with E-state index >= 15 is 0 Å². The van der Waals surface area contributed by atoms with Crippen LogP contribution in [0.3, 0.4) is 0 Å². The van der Waals surface area contributed by atoms with Crippen LogP contribution in [0, 0.1) is 11.3 Å². The first-order chi connectivity index (χ1) is 11.1. The third-order valence-corrected chi connectivity index (χ3v) is 6.60. The van der Waals surface area contributed by atoms with Gasteiger partial charge in [0, 0.05) is 41.1 Å². The van der Waals surface area contributed by atoms with Crippen LogP contribution in [0.1, 0.15) is 80.8 Å². The van der Waals surface area contributed by atoms with Crippen LogP contribution in [-0.2, 0) is 5.41 Å². The normalized spacial score (nSPS) is 29.7. The van der Waals surface area contributed by atoms with Crippen LogP contribution in [0.25, 0.3) is 0 Å². The molecule has 3 atom stereocenters. The smallest absolute Gasteiger partial charge is 0.163 e. The maximum Gasteiger partial charge on any atom is 0.163 e. The van der Waals surface area contributed by atoms with E-state index in [2.05, 4.69) is 20.8 Å². The number of Topliss-reactive ketones (excluding diaryl/α,β-unsaturated/α-hetero) is 1. The highest BCUT2D eigenvalue weighted by Crippen LogP contribution is 2.60. The molecule has 1 aromatic carbocycles. The van der Waals surface area contributed by atoms with Crippen molar-refractivity contribution in [1.82, 2.24) is 0 Å². The second-order valence-electron chi connectivity index (χ2n) is 8.61. The van der Waals surface area contributed by atoms with Crippen molar-refractivity contribution in [2.45, 2.75) is 64.7 Å². The highest BCUT2D eigenvalue weighted by Gasteiger charge is 2.53. The minimum absolute atomic E-state index is 0.0273. The fourth-order valence-corrected chi connectivity index (χ4v) is 5.17. The minimum atomic E-state index is -0.331. The zero-order chi connectivity index (χ0) is 17.9. The van der Waals surface area contributed by atoms with Crippen molar-refractivity contribution in [3.05, 3.63) is 22.8 Å². The van der Waals surface area contributed by atoms with Gasteiger partial charge in [-0.2, -0.15) is 0 Å². The van der Waals surface area contributed by atoms with Crippen LogP contribution < -0.4 is 0 Å². The molecule has 4 heteroatoms. The van der Waals surface area contributed by atoms with Crippen LogP contribution in [0.15, 0.2) is 6.07 Å². The van der Waals surface area contributed by atoms with E-state index in [1.54, 1.807) is 13.0 Å². The Morgan fingerprint density at radius 1 is 1.21 bits per heavy atom. The number of phenolic OH excluding ortho intramolecular Hbond substituents is 2. The van der Waals surface area contributed by atoms with Crippen LogP contribution in [-0.4, -0.2) is 27.7 Å². The number of aliphatic hydroxyl groups excluding tert-OH is 1. The Labute approximate surface area is 143 Å². The highest BCUT2D eigenvalue weighted by atomic mass is 16.3. The Kier molecular flexibility index (Phi) is 3.95. The molecule has 0 radical (unpaired) electrons. The number of fused-ring (bicyclic) bond motifs is 3. The van der Waals surface area contributed by atoms with E-state index < -0.39 is 0 Å². The number of phenols is 2. The van der Waals surface area contributed by atoms with Crippen molar-refractivity contribution in [2.75, 3.05) is 6.61 Å². The van der Waals surface area contributed by atoms with Crippen LogP contribution in [0.4, 0.5) is 0 Å². The van der Waals surface area contributed by atoms with Gasteiger partial charge in [0.05, 0.1) is 0 Å². The fraction of sp³-hybridized carbons (Fsp3) is 0.650. The zero-order valence-corrected chi connectivity index (χ0v) is 15.0. The van der Waals surface area contributed by atoms with Gasteiger partial charge in [-0.05, 0) is 30.2 Å². The Morgan fingerprint density at radius 2 is 1.88 bits per heavy atom. The van der Waals surface area contributed by atoms with Crippen molar-refractivity contribution in [1.29, 1.82) is 0 Å². The minimum Gasteiger partial charge on any atom is -0.504 e. The fourth-order valence-electron chi connectivity index (χ4n) is 5.17. The van der Waals surface area contributed by atoms with Gasteiger partial charge < -0.3 is 15.3 Å². The molecule has 0 heterocycles. The predicted molar refractivity (Wildman–Crippen MR) is 92.7 cm³/mol. The van der Waals surface area contributed by atoms with E-state index in [4.69, 9.17) is 0 Å². The largest absolute Gasteiger partial charge is 0.504 e. The van der Waals surface area contributed by atoms with Crippen LogP contribution in [0.2, 0.25) is 0 Å². The first kappa shape index (κ1) is 17.3. The zero-order valence-electron chi connectivity index (χ0n) is 15.0. The molecule has 0 aromatic heterocycles. The number of ketones is 1.